The number of aryl methyl sites for hydroxylation is 1. The molecule has 2 N–H and O–H groups in total. The lowest BCUT2D eigenvalue weighted by Crippen LogP contribution is -2.32. The normalized spacial score (nSPS) is 11.1. The molecule has 0 saturated heterocycles. The molecular formula is C11H18ClFN2O2S. The van der Waals surface area contributed by atoms with E-state index in [-0.39, 0.29) is 23.8 Å². The van der Waals surface area contributed by atoms with Gasteiger partial charge < -0.3 is 5.32 Å². The highest BCUT2D eigenvalue weighted by Crippen LogP contribution is 2.18. The van der Waals surface area contributed by atoms with Gasteiger partial charge in [0.05, 0.1) is 0 Å². The predicted octanol–water partition coefficient (Wildman–Crippen LogP) is 1.44. The third kappa shape index (κ3) is 4.53. The van der Waals surface area contributed by atoms with Crippen LogP contribution < -0.4 is 10.0 Å². The minimum absolute atomic E-state index is 0. The van der Waals surface area contributed by atoms with Gasteiger partial charge in [-0.1, -0.05) is 19.1 Å². The van der Waals surface area contributed by atoms with E-state index in [0.29, 0.717) is 12.1 Å². The molecule has 0 heterocycles. The molecule has 0 aromatic heterocycles. The van der Waals surface area contributed by atoms with E-state index in [1.807, 2.05) is 6.92 Å². The number of hydrogen-bond donors (Lipinski definition) is 2. The zero-order chi connectivity index (χ0) is 12.9. The van der Waals surface area contributed by atoms with Crippen molar-refractivity contribution in [3.63, 3.8) is 0 Å². The van der Waals surface area contributed by atoms with Crippen LogP contribution in [0.15, 0.2) is 23.1 Å². The summed E-state index contributed by atoms with van der Waals surface area (Å²) in [7, 11) is -3.77. The van der Waals surface area contributed by atoms with Gasteiger partial charge in [0.25, 0.3) is 0 Å². The van der Waals surface area contributed by atoms with Crippen molar-refractivity contribution in [2.75, 3.05) is 19.6 Å². The largest absolute Gasteiger partial charge is 0.316 e. The summed E-state index contributed by atoms with van der Waals surface area (Å²) in [6, 6.07) is 4.20. The van der Waals surface area contributed by atoms with Crippen LogP contribution in [-0.4, -0.2) is 28.1 Å². The fraction of sp³-hybridized carbons (Fsp3) is 0.455. The zero-order valence-electron chi connectivity index (χ0n) is 10.4. The van der Waals surface area contributed by atoms with Crippen molar-refractivity contribution < 1.29 is 12.8 Å². The maximum Gasteiger partial charge on any atom is 0.243 e. The molecule has 104 valence electrons. The molecule has 4 nitrogen and oxygen atoms in total. The van der Waals surface area contributed by atoms with Crippen molar-refractivity contribution in [3.05, 3.63) is 29.6 Å². The fourth-order valence-corrected chi connectivity index (χ4v) is 2.81. The van der Waals surface area contributed by atoms with E-state index in [9.17, 15) is 12.8 Å². The van der Waals surface area contributed by atoms with Gasteiger partial charge >= 0.3 is 0 Å². The second kappa shape index (κ2) is 7.68. The first kappa shape index (κ1) is 17.3. The van der Waals surface area contributed by atoms with E-state index < -0.39 is 15.8 Å². The van der Waals surface area contributed by atoms with Crippen molar-refractivity contribution >= 4 is 22.4 Å². The highest BCUT2D eigenvalue weighted by Gasteiger charge is 2.20. The van der Waals surface area contributed by atoms with Crippen molar-refractivity contribution in [2.24, 2.45) is 0 Å². The molecule has 0 atom stereocenters. The molecule has 0 aliphatic heterocycles. The van der Waals surface area contributed by atoms with Gasteiger partial charge in [0, 0.05) is 13.1 Å². The lowest BCUT2D eigenvalue weighted by molar-refractivity contribution is 0.552. The van der Waals surface area contributed by atoms with Crippen LogP contribution in [0.5, 0.6) is 0 Å². The van der Waals surface area contributed by atoms with E-state index >= 15 is 0 Å². The number of benzene rings is 1. The van der Waals surface area contributed by atoms with Crippen LogP contribution in [0.2, 0.25) is 0 Å². The molecule has 0 fully saturated rings. The maximum absolute atomic E-state index is 13.5. The van der Waals surface area contributed by atoms with Crippen molar-refractivity contribution in [1.29, 1.82) is 0 Å². The van der Waals surface area contributed by atoms with Crippen molar-refractivity contribution in [2.45, 2.75) is 18.7 Å². The molecule has 0 radical (unpaired) electrons. The minimum atomic E-state index is -3.77. The molecule has 0 aliphatic rings. The summed E-state index contributed by atoms with van der Waals surface area (Å²) in [5, 5.41) is 2.98. The monoisotopic (exact) mass is 296 g/mol. The van der Waals surface area contributed by atoms with E-state index in [2.05, 4.69) is 10.0 Å². The lowest BCUT2D eigenvalue weighted by Gasteiger charge is -2.10. The average Bonchev–Trinajstić information content (AvgIpc) is 2.24. The predicted molar refractivity (Wildman–Crippen MR) is 72.1 cm³/mol. The van der Waals surface area contributed by atoms with Crippen LogP contribution >= 0.6 is 12.4 Å². The molecule has 0 aliphatic carbocycles. The van der Waals surface area contributed by atoms with Crippen molar-refractivity contribution in [3.8, 4) is 0 Å². The number of sulfonamides is 1. The van der Waals surface area contributed by atoms with Crippen LogP contribution in [0.1, 0.15) is 12.5 Å². The number of halogens is 2. The quantitative estimate of drug-likeness (QED) is 0.781. The van der Waals surface area contributed by atoms with Crippen LogP contribution in [0, 0.1) is 12.7 Å². The second-order valence-corrected chi connectivity index (χ2v) is 5.34. The summed E-state index contributed by atoms with van der Waals surface area (Å²) >= 11 is 0. The summed E-state index contributed by atoms with van der Waals surface area (Å²) in [6.45, 7) is 5.02. The van der Waals surface area contributed by atoms with Crippen LogP contribution in [-0.2, 0) is 10.0 Å². The SMILES string of the molecule is CCNCCNS(=O)(=O)c1c(C)cccc1F.Cl. The third-order valence-corrected chi connectivity index (χ3v) is 3.92. The Morgan fingerprint density at radius 3 is 2.50 bits per heavy atom. The Labute approximate surface area is 113 Å². The average molecular weight is 297 g/mol. The smallest absolute Gasteiger partial charge is 0.243 e. The molecule has 18 heavy (non-hydrogen) atoms. The Hall–Kier alpha value is -0.690. The van der Waals surface area contributed by atoms with E-state index in [1.54, 1.807) is 13.0 Å². The zero-order valence-corrected chi connectivity index (χ0v) is 12.0. The van der Waals surface area contributed by atoms with E-state index in [4.69, 9.17) is 0 Å². The second-order valence-electron chi connectivity index (χ2n) is 3.64. The molecule has 0 saturated carbocycles. The molecule has 0 spiro atoms. The molecule has 1 aromatic rings. The minimum Gasteiger partial charge on any atom is -0.316 e. The molecule has 1 aromatic carbocycles. The summed E-state index contributed by atoms with van der Waals surface area (Å²) in [4.78, 5) is -0.267. The molecule has 1 rings (SSSR count). The number of rotatable bonds is 6. The van der Waals surface area contributed by atoms with Gasteiger partial charge in [0.15, 0.2) is 0 Å². The summed E-state index contributed by atoms with van der Waals surface area (Å²) in [5.41, 5.74) is 0.404. The Bertz CT molecular complexity index is 460. The molecular weight excluding hydrogens is 279 g/mol. The van der Waals surface area contributed by atoms with Crippen LogP contribution in [0.25, 0.3) is 0 Å². The van der Waals surface area contributed by atoms with Gasteiger partial charge in [-0.3, -0.25) is 0 Å². The Kier molecular flexibility index (Phi) is 7.39. The number of likely N-dealkylation sites (N-methyl/N-ethyl adjacent to an activating group) is 1. The van der Waals surface area contributed by atoms with E-state index in [0.717, 1.165) is 12.6 Å². The van der Waals surface area contributed by atoms with Gasteiger partial charge in [-0.05, 0) is 25.1 Å². The lowest BCUT2D eigenvalue weighted by atomic mass is 10.2. The van der Waals surface area contributed by atoms with Crippen LogP contribution in [0.4, 0.5) is 4.39 Å². The standard InChI is InChI=1S/C11H17FN2O2S.ClH/c1-3-13-7-8-14-17(15,16)11-9(2)5-4-6-10(11)12;/h4-6,13-14H,3,7-8H2,1-2H3;1H. The fourth-order valence-electron chi connectivity index (χ4n) is 1.48. The summed E-state index contributed by atoms with van der Waals surface area (Å²) < 4.78 is 39.6. The van der Waals surface area contributed by atoms with Gasteiger partial charge in [-0.25, -0.2) is 17.5 Å². The third-order valence-electron chi connectivity index (χ3n) is 2.28. The highest BCUT2D eigenvalue weighted by atomic mass is 35.5. The van der Waals surface area contributed by atoms with Gasteiger partial charge in [-0.15, -0.1) is 12.4 Å². The topological polar surface area (TPSA) is 58.2 Å². The first-order chi connectivity index (χ1) is 7.99. The molecule has 0 bridgehead atoms. The van der Waals surface area contributed by atoms with Gasteiger partial charge in [0.1, 0.15) is 10.7 Å². The highest BCUT2D eigenvalue weighted by molar-refractivity contribution is 7.89. The Morgan fingerprint density at radius 2 is 1.94 bits per heavy atom. The first-order valence-corrected chi connectivity index (χ1v) is 6.93. The first-order valence-electron chi connectivity index (χ1n) is 5.44. The van der Waals surface area contributed by atoms with Gasteiger partial charge in [0.2, 0.25) is 10.0 Å². The van der Waals surface area contributed by atoms with E-state index in [1.165, 1.54) is 6.07 Å². The Balaban J connectivity index is 0.00000289. The summed E-state index contributed by atoms with van der Waals surface area (Å²) in [5.74, 6) is -0.721. The summed E-state index contributed by atoms with van der Waals surface area (Å²) in [6.07, 6.45) is 0. The number of hydrogen-bond acceptors (Lipinski definition) is 3. The molecule has 0 amide bonds. The molecule has 0 unspecified atom stereocenters. The molecule has 7 heteroatoms. The van der Waals surface area contributed by atoms with Crippen molar-refractivity contribution in [1.82, 2.24) is 10.0 Å². The maximum atomic E-state index is 13.5. The van der Waals surface area contributed by atoms with Crippen LogP contribution in [0.3, 0.4) is 0 Å². The Morgan fingerprint density at radius 1 is 1.28 bits per heavy atom. The van der Waals surface area contributed by atoms with Gasteiger partial charge in [-0.2, -0.15) is 0 Å². The number of nitrogens with one attached hydrogen (secondary N) is 2.